The Balaban J connectivity index is 2.17. The summed E-state index contributed by atoms with van der Waals surface area (Å²) in [6, 6.07) is 9.29. The monoisotopic (exact) mass is 236 g/mol. The van der Waals surface area contributed by atoms with Crippen molar-refractivity contribution in [1.29, 1.82) is 0 Å². The Kier molecular flexibility index (Phi) is 6.10. The van der Waals surface area contributed by atoms with Crippen LogP contribution in [0.25, 0.3) is 0 Å². The standard InChI is InChI=1S/C13H20N2O2/c1-2-6-11(14)9-15-13(16)10-17-12-7-4-3-5-8-12/h3-5,7-8,11H,2,6,9-10,14H2,1H3,(H,15,16). The van der Waals surface area contributed by atoms with Gasteiger partial charge in [-0.3, -0.25) is 4.79 Å². The van der Waals surface area contributed by atoms with Gasteiger partial charge in [0.15, 0.2) is 6.61 Å². The van der Waals surface area contributed by atoms with E-state index in [2.05, 4.69) is 12.2 Å². The van der Waals surface area contributed by atoms with Crippen LogP contribution in [0.2, 0.25) is 0 Å². The molecule has 0 saturated carbocycles. The zero-order chi connectivity index (χ0) is 12.5. The average molecular weight is 236 g/mol. The van der Waals surface area contributed by atoms with Crippen LogP contribution >= 0.6 is 0 Å². The molecule has 3 N–H and O–H groups in total. The molecule has 1 aromatic carbocycles. The Bertz CT molecular complexity index is 327. The fourth-order valence-corrected chi connectivity index (χ4v) is 1.43. The fraction of sp³-hybridized carbons (Fsp3) is 0.462. The normalized spacial score (nSPS) is 11.9. The van der Waals surface area contributed by atoms with Gasteiger partial charge in [-0.2, -0.15) is 0 Å². The second kappa shape index (κ2) is 7.68. The van der Waals surface area contributed by atoms with E-state index in [9.17, 15) is 4.79 Å². The summed E-state index contributed by atoms with van der Waals surface area (Å²) in [5.41, 5.74) is 5.78. The summed E-state index contributed by atoms with van der Waals surface area (Å²) in [4.78, 5) is 11.4. The second-order valence-corrected chi connectivity index (χ2v) is 3.95. The van der Waals surface area contributed by atoms with Gasteiger partial charge in [0.1, 0.15) is 5.75 Å². The molecular weight excluding hydrogens is 216 g/mol. The molecule has 1 unspecified atom stereocenters. The molecule has 4 nitrogen and oxygen atoms in total. The largest absolute Gasteiger partial charge is 0.484 e. The first-order valence-electron chi connectivity index (χ1n) is 5.92. The van der Waals surface area contributed by atoms with E-state index in [0.29, 0.717) is 12.3 Å². The van der Waals surface area contributed by atoms with Crippen LogP contribution in [0.3, 0.4) is 0 Å². The number of amides is 1. The summed E-state index contributed by atoms with van der Waals surface area (Å²) in [5.74, 6) is 0.556. The van der Waals surface area contributed by atoms with Crippen molar-refractivity contribution >= 4 is 5.91 Å². The molecule has 0 saturated heterocycles. The second-order valence-electron chi connectivity index (χ2n) is 3.95. The Labute approximate surface area is 102 Å². The molecule has 0 aliphatic rings. The van der Waals surface area contributed by atoms with Crippen molar-refractivity contribution in [3.05, 3.63) is 30.3 Å². The molecule has 1 aromatic rings. The van der Waals surface area contributed by atoms with E-state index in [1.54, 1.807) is 0 Å². The van der Waals surface area contributed by atoms with Gasteiger partial charge in [-0.15, -0.1) is 0 Å². The van der Waals surface area contributed by atoms with E-state index in [1.165, 1.54) is 0 Å². The lowest BCUT2D eigenvalue weighted by Gasteiger charge is -2.12. The summed E-state index contributed by atoms with van der Waals surface area (Å²) in [7, 11) is 0. The molecule has 1 rings (SSSR count). The quantitative estimate of drug-likeness (QED) is 0.750. The molecule has 0 aliphatic carbocycles. The predicted molar refractivity (Wildman–Crippen MR) is 67.8 cm³/mol. The van der Waals surface area contributed by atoms with Gasteiger partial charge >= 0.3 is 0 Å². The third kappa shape index (κ3) is 5.92. The molecular formula is C13H20N2O2. The smallest absolute Gasteiger partial charge is 0.257 e. The van der Waals surface area contributed by atoms with Gasteiger partial charge in [0.25, 0.3) is 5.91 Å². The number of hydrogen-bond donors (Lipinski definition) is 2. The third-order valence-corrected chi connectivity index (χ3v) is 2.33. The minimum absolute atomic E-state index is 0.0284. The number of benzene rings is 1. The van der Waals surface area contributed by atoms with Crippen molar-refractivity contribution in [3.8, 4) is 5.75 Å². The molecule has 1 amide bonds. The average Bonchev–Trinajstić information content (AvgIpc) is 2.35. The highest BCUT2D eigenvalue weighted by Crippen LogP contribution is 2.07. The molecule has 0 radical (unpaired) electrons. The minimum Gasteiger partial charge on any atom is -0.484 e. The zero-order valence-corrected chi connectivity index (χ0v) is 10.2. The van der Waals surface area contributed by atoms with Gasteiger partial charge in [-0.25, -0.2) is 0 Å². The first-order chi connectivity index (χ1) is 8.22. The summed E-state index contributed by atoms with van der Waals surface area (Å²) in [6.07, 6.45) is 1.94. The van der Waals surface area contributed by atoms with Crippen LogP contribution < -0.4 is 15.8 Å². The Morgan fingerprint density at radius 3 is 2.76 bits per heavy atom. The van der Waals surface area contributed by atoms with Crippen molar-refractivity contribution in [2.45, 2.75) is 25.8 Å². The highest BCUT2D eigenvalue weighted by atomic mass is 16.5. The molecule has 0 fully saturated rings. The first-order valence-corrected chi connectivity index (χ1v) is 5.92. The number of nitrogens with two attached hydrogens (primary N) is 1. The first kappa shape index (κ1) is 13.5. The summed E-state index contributed by atoms with van der Waals surface area (Å²) in [6.45, 7) is 2.61. The van der Waals surface area contributed by atoms with Crippen molar-refractivity contribution in [2.75, 3.05) is 13.2 Å². The van der Waals surface area contributed by atoms with Gasteiger partial charge in [-0.05, 0) is 18.6 Å². The van der Waals surface area contributed by atoms with Gasteiger partial charge < -0.3 is 15.8 Å². The molecule has 0 bridgehead atoms. The number of carbonyl (C=O) groups excluding carboxylic acids is 1. The Morgan fingerprint density at radius 2 is 2.12 bits per heavy atom. The highest BCUT2D eigenvalue weighted by molar-refractivity contribution is 5.77. The van der Waals surface area contributed by atoms with E-state index < -0.39 is 0 Å². The number of para-hydroxylation sites is 1. The van der Waals surface area contributed by atoms with Crippen LogP contribution in [0.15, 0.2) is 30.3 Å². The van der Waals surface area contributed by atoms with E-state index in [0.717, 1.165) is 12.8 Å². The fourth-order valence-electron chi connectivity index (χ4n) is 1.43. The Morgan fingerprint density at radius 1 is 1.41 bits per heavy atom. The van der Waals surface area contributed by atoms with Crippen LogP contribution in [0.1, 0.15) is 19.8 Å². The molecule has 0 aliphatic heterocycles. The van der Waals surface area contributed by atoms with E-state index in [-0.39, 0.29) is 18.6 Å². The molecule has 17 heavy (non-hydrogen) atoms. The SMILES string of the molecule is CCCC(N)CNC(=O)COc1ccccc1. The van der Waals surface area contributed by atoms with Crippen LogP contribution in [0.4, 0.5) is 0 Å². The van der Waals surface area contributed by atoms with Crippen LogP contribution in [0.5, 0.6) is 5.75 Å². The predicted octanol–water partition coefficient (Wildman–Crippen LogP) is 1.31. The molecule has 4 heteroatoms. The summed E-state index contributed by atoms with van der Waals surface area (Å²) < 4.78 is 5.31. The van der Waals surface area contributed by atoms with Gasteiger partial charge in [0.2, 0.25) is 0 Å². The number of carbonyl (C=O) groups is 1. The molecule has 94 valence electrons. The lowest BCUT2D eigenvalue weighted by atomic mass is 10.2. The highest BCUT2D eigenvalue weighted by Gasteiger charge is 2.05. The van der Waals surface area contributed by atoms with Crippen LogP contribution in [-0.2, 0) is 4.79 Å². The maximum atomic E-state index is 11.4. The number of hydrogen-bond acceptors (Lipinski definition) is 3. The van der Waals surface area contributed by atoms with Gasteiger partial charge in [0.05, 0.1) is 0 Å². The minimum atomic E-state index is -0.139. The summed E-state index contributed by atoms with van der Waals surface area (Å²) >= 11 is 0. The third-order valence-electron chi connectivity index (χ3n) is 2.33. The Hall–Kier alpha value is -1.55. The van der Waals surface area contributed by atoms with Crippen molar-refractivity contribution in [1.82, 2.24) is 5.32 Å². The zero-order valence-electron chi connectivity index (χ0n) is 10.2. The van der Waals surface area contributed by atoms with E-state index >= 15 is 0 Å². The number of ether oxygens (including phenoxy) is 1. The summed E-state index contributed by atoms with van der Waals surface area (Å²) in [5, 5.41) is 2.75. The lowest BCUT2D eigenvalue weighted by Crippen LogP contribution is -2.39. The maximum Gasteiger partial charge on any atom is 0.257 e. The molecule has 0 aromatic heterocycles. The van der Waals surface area contributed by atoms with E-state index in [4.69, 9.17) is 10.5 Å². The van der Waals surface area contributed by atoms with Gasteiger partial charge in [0, 0.05) is 12.6 Å². The topological polar surface area (TPSA) is 64.3 Å². The molecule has 1 atom stereocenters. The van der Waals surface area contributed by atoms with Crippen LogP contribution in [0, 0.1) is 0 Å². The number of nitrogens with one attached hydrogen (secondary N) is 1. The van der Waals surface area contributed by atoms with Crippen molar-refractivity contribution in [3.63, 3.8) is 0 Å². The van der Waals surface area contributed by atoms with Crippen LogP contribution in [-0.4, -0.2) is 25.1 Å². The number of rotatable bonds is 7. The molecule has 0 spiro atoms. The van der Waals surface area contributed by atoms with Gasteiger partial charge in [-0.1, -0.05) is 31.5 Å². The van der Waals surface area contributed by atoms with Crippen molar-refractivity contribution < 1.29 is 9.53 Å². The van der Waals surface area contributed by atoms with Crippen molar-refractivity contribution in [2.24, 2.45) is 5.73 Å². The van der Waals surface area contributed by atoms with E-state index in [1.807, 2.05) is 30.3 Å². The molecule has 0 heterocycles. The maximum absolute atomic E-state index is 11.4. The lowest BCUT2D eigenvalue weighted by molar-refractivity contribution is -0.123.